The van der Waals surface area contributed by atoms with Gasteiger partial charge in [0, 0.05) is 18.2 Å². The van der Waals surface area contributed by atoms with E-state index in [0.29, 0.717) is 5.69 Å². The van der Waals surface area contributed by atoms with Crippen molar-refractivity contribution in [1.82, 2.24) is 4.98 Å². The van der Waals surface area contributed by atoms with Gasteiger partial charge in [0.05, 0.1) is 15.2 Å². The summed E-state index contributed by atoms with van der Waals surface area (Å²) >= 11 is 1.69. The minimum Gasteiger partial charge on any atom is -0.449 e. The van der Waals surface area contributed by atoms with E-state index in [1.54, 1.807) is 32.1 Å². The van der Waals surface area contributed by atoms with Crippen molar-refractivity contribution in [1.29, 1.82) is 0 Å². The number of aromatic nitrogens is 1. The molecule has 28 heavy (non-hydrogen) atoms. The number of nitrogens with zero attached hydrogens (tertiary/aromatic N) is 1. The number of ether oxygens (including phenoxy) is 1. The molecule has 1 atom stereocenters. The predicted molar refractivity (Wildman–Crippen MR) is 112 cm³/mol. The van der Waals surface area contributed by atoms with Gasteiger partial charge in [-0.05, 0) is 50.6 Å². The molecule has 1 aromatic heterocycles. The third-order valence-electron chi connectivity index (χ3n) is 3.98. The number of carbonyl (C=O) groups excluding carboxylic acids is 2. The Morgan fingerprint density at radius 3 is 2.54 bits per heavy atom. The molecule has 0 unspecified atom stereocenters. The number of thiazole rings is 1. The highest BCUT2D eigenvalue weighted by Gasteiger charge is 2.16. The summed E-state index contributed by atoms with van der Waals surface area (Å²) in [6.45, 7) is 5.14. The standard InChI is InChI=1S/C22H22N2O3S/c1-14(2)12-21(25)27-15(3)22(26)23-17-10-8-16(9-11-17)13-20-24-18-6-4-5-7-19(18)28-20/h4-12,15H,13H2,1-3H3,(H,23,26)/t15-/m1/s1. The number of rotatable bonds is 6. The normalized spacial score (nSPS) is 11.7. The highest BCUT2D eigenvalue weighted by molar-refractivity contribution is 7.18. The van der Waals surface area contributed by atoms with Crippen LogP contribution in [0.2, 0.25) is 0 Å². The maximum atomic E-state index is 12.2. The summed E-state index contributed by atoms with van der Waals surface area (Å²) in [7, 11) is 0. The molecule has 3 rings (SSSR count). The van der Waals surface area contributed by atoms with E-state index in [0.717, 1.165) is 28.1 Å². The molecule has 3 aromatic rings. The number of benzene rings is 2. The Hall–Kier alpha value is -2.99. The van der Waals surface area contributed by atoms with Gasteiger partial charge >= 0.3 is 5.97 Å². The molecule has 0 saturated carbocycles. The van der Waals surface area contributed by atoms with Crippen LogP contribution >= 0.6 is 11.3 Å². The Labute approximate surface area is 168 Å². The Bertz CT molecular complexity index is 985. The summed E-state index contributed by atoms with van der Waals surface area (Å²) < 4.78 is 6.27. The summed E-state index contributed by atoms with van der Waals surface area (Å²) in [5, 5.41) is 3.82. The van der Waals surface area contributed by atoms with Gasteiger partial charge < -0.3 is 10.1 Å². The van der Waals surface area contributed by atoms with Crippen LogP contribution in [-0.2, 0) is 20.7 Å². The number of hydrogen-bond acceptors (Lipinski definition) is 5. The quantitative estimate of drug-likeness (QED) is 0.485. The first-order valence-electron chi connectivity index (χ1n) is 9.00. The fourth-order valence-electron chi connectivity index (χ4n) is 2.62. The number of fused-ring (bicyclic) bond motifs is 1. The maximum absolute atomic E-state index is 12.2. The zero-order valence-electron chi connectivity index (χ0n) is 16.1. The summed E-state index contributed by atoms with van der Waals surface area (Å²) in [6, 6.07) is 15.7. The molecule has 0 aliphatic carbocycles. The van der Waals surface area contributed by atoms with Crippen molar-refractivity contribution in [2.45, 2.75) is 33.3 Å². The molecule has 1 N–H and O–H groups in total. The molecule has 0 saturated heterocycles. The van der Waals surface area contributed by atoms with Gasteiger partial charge in [-0.3, -0.25) is 4.79 Å². The fraction of sp³-hybridized carbons (Fsp3) is 0.227. The minimum absolute atomic E-state index is 0.366. The first kappa shape index (κ1) is 19.8. The monoisotopic (exact) mass is 394 g/mol. The lowest BCUT2D eigenvalue weighted by Crippen LogP contribution is -2.29. The molecule has 0 spiro atoms. The molecule has 0 bridgehead atoms. The second kappa shape index (κ2) is 8.80. The van der Waals surface area contributed by atoms with Gasteiger partial charge in [-0.25, -0.2) is 9.78 Å². The second-order valence-electron chi connectivity index (χ2n) is 6.74. The molecule has 144 valence electrons. The average Bonchev–Trinajstić information content (AvgIpc) is 3.04. The first-order valence-corrected chi connectivity index (χ1v) is 9.82. The molecule has 0 aliphatic rings. The van der Waals surface area contributed by atoms with Crippen molar-refractivity contribution in [3.05, 3.63) is 70.8 Å². The molecule has 6 heteroatoms. The zero-order chi connectivity index (χ0) is 20.1. The van der Waals surface area contributed by atoms with Gasteiger partial charge in [-0.15, -0.1) is 11.3 Å². The summed E-state index contributed by atoms with van der Waals surface area (Å²) in [5.41, 5.74) is 3.60. The lowest BCUT2D eigenvalue weighted by Gasteiger charge is -2.12. The maximum Gasteiger partial charge on any atom is 0.331 e. The van der Waals surface area contributed by atoms with Crippen LogP contribution in [0.15, 0.2) is 60.2 Å². The van der Waals surface area contributed by atoms with Gasteiger partial charge in [0.2, 0.25) is 0 Å². The summed E-state index contributed by atoms with van der Waals surface area (Å²) in [5.74, 6) is -0.886. The number of nitrogens with one attached hydrogen (secondary N) is 1. The Morgan fingerprint density at radius 1 is 1.14 bits per heavy atom. The van der Waals surface area contributed by atoms with Crippen LogP contribution in [0.5, 0.6) is 0 Å². The fourth-order valence-corrected chi connectivity index (χ4v) is 3.62. The van der Waals surface area contributed by atoms with Crippen LogP contribution in [0.25, 0.3) is 10.2 Å². The van der Waals surface area contributed by atoms with Crippen LogP contribution < -0.4 is 5.32 Å². The van der Waals surface area contributed by atoms with Crippen LogP contribution in [0.1, 0.15) is 31.3 Å². The minimum atomic E-state index is -0.870. The number of carbonyl (C=O) groups is 2. The molecule has 2 aromatic carbocycles. The van der Waals surface area contributed by atoms with Crippen LogP contribution in [-0.4, -0.2) is 23.0 Å². The van der Waals surface area contributed by atoms with Gasteiger partial charge in [0.25, 0.3) is 5.91 Å². The summed E-state index contributed by atoms with van der Waals surface area (Å²) in [4.78, 5) is 28.5. The number of amides is 1. The van der Waals surface area contributed by atoms with E-state index < -0.39 is 12.1 Å². The third kappa shape index (κ3) is 5.27. The van der Waals surface area contributed by atoms with Gasteiger partial charge in [-0.2, -0.15) is 0 Å². The van der Waals surface area contributed by atoms with Crippen molar-refractivity contribution in [3.8, 4) is 0 Å². The number of allylic oxidation sites excluding steroid dienone is 1. The lowest BCUT2D eigenvalue weighted by molar-refractivity contribution is -0.148. The molecule has 5 nitrogen and oxygen atoms in total. The smallest absolute Gasteiger partial charge is 0.331 e. The van der Waals surface area contributed by atoms with Gasteiger partial charge in [0.1, 0.15) is 0 Å². The van der Waals surface area contributed by atoms with E-state index in [9.17, 15) is 9.59 Å². The van der Waals surface area contributed by atoms with E-state index in [4.69, 9.17) is 4.74 Å². The van der Waals surface area contributed by atoms with E-state index in [2.05, 4.69) is 16.4 Å². The van der Waals surface area contributed by atoms with E-state index in [-0.39, 0.29) is 5.91 Å². The largest absolute Gasteiger partial charge is 0.449 e. The van der Waals surface area contributed by atoms with Crippen LogP contribution in [0, 0.1) is 0 Å². The van der Waals surface area contributed by atoms with E-state index in [1.807, 2.05) is 42.5 Å². The van der Waals surface area contributed by atoms with Crippen molar-refractivity contribution < 1.29 is 14.3 Å². The van der Waals surface area contributed by atoms with Crippen molar-refractivity contribution >= 4 is 39.1 Å². The first-order chi connectivity index (χ1) is 13.4. The molecule has 0 fully saturated rings. The number of anilines is 1. The zero-order valence-corrected chi connectivity index (χ0v) is 16.9. The van der Waals surface area contributed by atoms with Crippen molar-refractivity contribution in [3.63, 3.8) is 0 Å². The highest BCUT2D eigenvalue weighted by Crippen LogP contribution is 2.24. The molecule has 0 aliphatic heterocycles. The average molecular weight is 394 g/mol. The molecule has 1 amide bonds. The Kier molecular flexibility index (Phi) is 6.21. The SMILES string of the molecule is CC(C)=CC(=O)O[C@H](C)C(=O)Nc1ccc(Cc2nc3ccccc3s2)cc1. The number of hydrogen-bond donors (Lipinski definition) is 1. The Morgan fingerprint density at radius 2 is 1.86 bits per heavy atom. The van der Waals surface area contributed by atoms with Crippen molar-refractivity contribution in [2.24, 2.45) is 0 Å². The number of para-hydroxylation sites is 1. The van der Waals surface area contributed by atoms with Crippen LogP contribution in [0.4, 0.5) is 5.69 Å². The predicted octanol–water partition coefficient (Wildman–Crippen LogP) is 4.72. The highest BCUT2D eigenvalue weighted by atomic mass is 32.1. The van der Waals surface area contributed by atoms with Crippen molar-refractivity contribution in [2.75, 3.05) is 5.32 Å². The molecule has 0 radical (unpaired) electrons. The molecule has 1 heterocycles. The lowest BCUT2D eigenvalue weighted by atomic mass is 10.1. The van der Waals surface area contributed by atoms with E-state index in [1.165, 1.54) is 10.8 Å². The van der Waals surface area contributed by atoms with Crippen LogP contribution in [0.3, 0.4) is 0 Å². The van der Waals surface area contributed by atoms with Gasteiger partial charge in [0.15, 0.2) is 6.10 Å². The van der Waals surface area contributed by atoms with Gasteiger partial charge in [-0.1, -0.05) is 29.8 Å². The third-order valence-corrected chi connectivity index (χ3v) is 5.02. The molecular formula is C22H22N2O3S. The Balaban J connectivity index is 1.58. The second-order valence-corrected chi connectivity index (χ2v) is 7.85. The summed E-state index contributed by atoms with van der Waals surface area (Å²) in [6.07, 6.45) is 1.23. The molecular weight excluding hydrogens is 372 g/mol. The number of esters is 1. The van der Waals surface area contributed by atoms with E-state index >= 15 is 0 Å². The topological polar surface area (TPSA) is 68.3 Å².